The number of carboxylic acid groups (broad SMARTS) is 1. The van der Waals surface area contributed by atoms with Crippen molar-refractivity contribution in [2.75, 3.05) is 6.61 Å². The summed E-state index contributed by atoms with van der Waals surface area (Å²) < 4.78 is 5.53. The van der Waals surface area contributed by atoms with Crippen molar-refractivity contribution < 1.29 is 19.7 Å². The van der Waals surface area contributed by atoms with Gasteiger partial charge in [0, 0.05) is 12.0 Å². The van der Waals surface area contributed by atoms with Gasteiger partial charge in [0.05, 0.1) is 13.2 Å². The minimum absolute atomic E-state index is 0.0326. The molecule has 0 saturated carbocycles. The molecule has 0 radical (unpaired) electrons. The Morgan fingerprint density at radius 3 is 2.65 bits per heavy atom. The maximum absolute atomic E-state index is 10.3. The zero-order valence-corrected chi connectivity index (χ0v) is 9.76. The quantitative estimate of drug-likeness (QED) is 0.681. The summed E-state index contributed by atoms with van der Waals surface area (Å²) in [5.41, 5.74) is 0.776. The maximum Gasteiger partial charge on any atom is 0.303 e. The van der Waals surface area contributed by atoms with Crippen LogP contribution in [-0.4, -0.2) is 22.8 Å². The predicted molar refractivity (Wildman–Crippen MR) is 64.0 cm³/mol. The third-order valence-electron chi connectivity index (χ3n) is 2.44. The van der Waals surface area contributed by atoms with E-state index >= 15 is 0 Å². The van der Waals surface area contributed by atoms with Gasteiger partial charge in [0.1, 0.15) is 5.75 Å². The molecule has 94 valence electrons. The lowest BCUT2D eigenvalue weighted by Gasteiger charge is -2.09. The lowest BCUT2D eigenvalue weighted by molar-refractivity contribution is -0.137. The molecule has 2 N–H and O–H groups in total. The fraction of sp³-hybridized carbons (Fsp3) is 0.462. The van der Waals surface area contributed by atoms with Gasteiger partial charge in [-0.1, -0.05) is 18.2 Å². The Hall–Kier alpha value is -1.55. The first-order valence-electron chi connectivity index (χ1n) is 5.77. The molecule has 1 aromatic rings. The third-order valence-corrected chi connectivity index (χ3v) is 2.44. The van der Waals surface area contributed by atoms with Crippen LogP contribution in [0.25, 0.3) is 0 Å². The molecule has 0 aliphatic rings. The molecule has 0 bridgehead atoms. The largest absolute Gasteiger partial charge is 0.493 e. The number of hydrogen-bond donors (Lipinski definition) is 2. The van der Waals surface area contributed by atoms with Crippen LogP contribution in [-0.2, 0) is 11.4 Å². The average Bonchev–Trinajstić information content (AvgIpc) is 2.33. The van der Waals surface area contributed by atoms with E-state index in [-0.39, 0.29) is 13.0 Å². The molecule has 0 fully saturated rings. The number of benzene rings is 1. The predicted octanol–water partition coefficient (Wildman–Crippen LogP) is 2.20. The SMILES string of the molecule is O=C(O)CCCCCOc1ccccc1CO. The lowest BCUT2D eigenvalue weighted by Crippen LogP contribution is -2.01. The Balaban J connectivity index is 2.19. The van der Waals surface area contributed by atoms with Crippen LogP contribution in [0.1, 0.15) is 31.2 Å². The van der Waals surface area contributed by atoms with Crippen molar-refractivity contribution in [1.82, 2.24) is 0 Å². The van der Waals surface area contributed by atoms with Crippen molar-refractivity contribution in [3.05, 3.63) is 29.8 Å². The summed E-state index contributed by atoms with van der Waals surface area (Å²) in [4.78, 5) is 10.3. The van der Waals surface area contributed by atoms with Gasteiger partial charge in [-0.3, -0.25) is 4.79 Å². The fourth-order valence-corrected chi connectivity index (χ4v) is 1.51. The third kappa shape index (κ3) is 5.36. The summed E-state index contributed by atoms with van der Waals surface area (Å²) in [6.07, 6.45) is 2.56. The molecular formula is C13H18O4. The summed E-state index contributed by atoms with van der Waals surface area (Å²) in [7, 11) is 0. The molecule has 0 saturated heterocycles. The van der Waals surface area contributed by atoms with Crippen LogP contribution in [0.15, 0.2) is 24.3 Å². The van der Waals surface area contributed by atoms with Gasteiger partial charge in [0.25, 0.3) is 0 Å². The average molecular weight is 238 g/mol. The van der Waals surface area contributed by atoms with Gasteiger partial charge in [0.15, 0.2) is 0 Å². The van der Waals surface area contributed by atoms with Crippen LogP contribution in [0.3, 0.4) is 0 Å². The second-order valence-corrected chi connectivity index (χ2v) is 3.82. The molecule has 0 spiro atoms. The van der Waals surface area contributed by atoms with Crippen molar-refractivity contribution in [3.8, 4) is 5.75 Å². The van der Waals surface area contributed by atoms with Crippen LogP contribution >= 0.6 is 0 Å². The van der Waals surface area contributed by atoms with Gasteiger partial charge < -0.3 is 14.9 Å². The number of rotatable bonds is 8. The van der Waals surface area contributed by atoms with E-state index in [0.717, 1.165) is 18.4 Å². The number of carbonyl (C=O) groups is 1. The van der Waals surface area contributed by atoms with Gasteiger partial charge in [-0.15, -0.1) is 0 Å². The van der Waals surface area contributed by atoms with Gasteiger partial charge in [-0.2, -0.15) is 0 Å². The van der Waals surface area contributed by atoms with Crippen molar-refractivity contribution in [2.45, 2.75) is 32.3 Å². The van der Waals surface area contributed by atoms with Crippen LogP contribution in [0.4, 0.5) is 0 Å². The van der Waals surface area contributed by atoms with Crippen LogP contribution in [0, 0.1) is 0 Å². The van der Waals surface area contributed by atoms with E-state index in [9.17, 15) is 4.79 Å². The van der Waals surface area contributed by atoms with E-state index in [1.807, 2.05) is 24.3 Å². The molecule has 1 rings (SSSR count). The Bertz CT molecular complexity index is 349. The molecule has 0 unspecified atom stereocenters. The fourth-order valence-electron chi connectivity index (χ4n) is 1.51. The highest BCUT2D eigenvalue weighted by atomic mass is 16.5. The van der Waals surface area contributed by atoms with Crippen LogP contribution in [0.5, 0.6) is 5.75 Å². The number of aliphatic carboxylic acids is 1. The second kappa shape index (κ2) is 7.68. The minimum Gasteiger partial charge on any atom is -0.493 e. The van der Waals surface area contributed by atoms with E-state index in [1.165, 1.54) is 0 Å². The molecule has 1 aromatic carbocycles. The monoisotopic (exact) mass is 238 g/mol. The number of aliphatic hydroxyl groups is 1. The van der Waals surface area contributed by atoms with Gasteiger partial charge in [0.2, 0.25) is 0 Å². The first-order valence-corrected chi connectivity index (χ1v) is 5.77. The smallest absolute Gasteiger partial charge is 0.303 e. The topological polar surface area (TPSA) is 66.8 Å². The molecule has 17 heavy (non-hydrogen) atoms. The van der Waals surface area contributed by atoms with E-state index in [4.69, 9.17) is 14.9 Å². The number of carboxylic acids is 1. The number of ether oxygens (including phenoxy) is 1. The highest BCUT2D eigenvalue weighted by molar-refractivity contribution is 5.66. The summed E-state index contributed by atoms with van der Waals surface area (Å²) in [5, 5.41) is 17.5. The van der Waals surface area contributed by atoms with Gasteiger partial charge in [-0.25, -0.2) is 0 Å². The zero-order chi connectivity index (χ0) is 12.5. The zero-order valence-electron chi connectivity index (χ0n) is 9.76. The molecule has 0 aliphatic carbocycles. The van der Waals surface area contributed by atoms with Crippen molar-refractivity contribution in [1.29, 1.82) is 0 Å². The lowest BCUT2D eigenvalue weighted by atomic mass is 10.2. The molecule has 0 aliphatic heterocycles. The van der Waals surface area contributed by atoms with Crippen molar-refractivity contribution in [3.63, 3.8) is 0 Å². The molecule has 4 nitrogen and oxygen atoms in total. The molecule has 0 aromatic heterocycles. The molecule has 0 atom stereocenters. The van der Waals surface area contributed by atoms with E-state index in [0.29, 0.717) is 18.8 Å². The Morgan fingerprint density at radius 2 is 1.94 bits per heavy atom. The molecule has 0 heterocycles. The highest BCUT2D eigenvalue weighted by Crippen LogP contribution is 2.18. The summed E-state index contributed by atoms with van der Waals surface area (Å²) in [6, 6.07) is 7.35. The van der Waals surface area contributed by atoms with E-state index < -0.39 is 5.97 Å². The molecular weight excluding hydrogens is 220 g/mol. The second-order valence-electron chi connectivity index (χ2n) is 3.82. The number of hydrogen-bond acceptors (Lipinski definition) is 3. The van der Waals surface area contributed by atoms with Crippen molar-refractivity contribution in [2.24, 2.45) is 0 Å². The van der Waals surface area contributed by atoms with E-state index in [1.54, 1.807) is 0 Å². The van der Waals surface area contributed by atoms with Crippen LogP contribution < -0.4 is 4.74 Å². The van der Waals surface area contributed by atoms with Gasteiger partial charge in [-0.05, 0) is 25.3 Å². The number of unbranched alkanes of at least 4 members (excludes halogenated alkanes) is 2. The number of aliphatic hydroxyl groups excluding tert-OH is 1. The van der Waals surface area contributed by atoms with Gasteiger partial charge >= 0.3 is 5.97 Å². The van der Waals surface area contributed by atoms with Crippen molar-refractivity contribution >= 4 is 5.97 Å². The van der Waals surface area contributed by atoms with Crippen LogP contribution in [0.2, 0.25) is 0 Å². The normalized spacial score (nSPS) is 10.2. The minimum atomic E-state index is -0.753. The number of para-hydroxylation sites is 1. The highest BCUT2D eigenvalue weighted by Gasteiger charge is 2.01. The first-order chi connectivity index (χ1) is 8.24. The Kier molecular flexibility index (Phi) is 6.10. The summed E-state index contributed by atoms with van der Waals surface area (Å²) in [6.45, 7) is 0.520. The standard InChI is InChI=1S/C13H18O4/c14-10-11-6-3-4-7-12(11)17-9-5-1-2-8-13(15)16/h3-4,6-7,14H,1-2,5,8-10H2,(H,15,16). The molecule has 4 heteroatoms. The molecule has 0 amide bonds. The first kappa shape index (κ1) is 13.5. The maximum atomic E-state index is 10.3. The summed E-state index contributed by atoms with van der Waals surface area (Å²) >= 11 is 0. The Labute approximate surface area is 101 Å². The van der Waals surface area contributed by atoms with E-state index in [2.05, 4.69) is 0 Å². The summed E-state index contributed by atoms with van der Waals surface area (Å²) in [5.74, 6) is -0.0511. The Morgan fingerprint density at radius 1 is 1.18 bits per heavy atom.